The van der Waals surface area contributed by atoms with Gasteiger partial charge in [-0.25, -0.2) is 0 Å². The van der Waals surface area contributed by atoms with E-state index >= 15 is 0 Å². The van der Waals surface area contributed by atoms with Crippen molar-refractivity contribution in [2.24, 2.45) is 0 Å². The molecule has 0 aliphatic heterocycles. The molecular formula is C14H15F3N2O. The van der Waals surface area contributed by atoms with Crippen molar-refractivity contribution < 1.29 is 13.2 Å². The maximum Gasteiger partial charge on any atom is 0.417 e. The van der Waals surface area contributed by atoms with Crippen LogP contribution in [0.2, 0.25) is 0 Å². The number of halogens is 3. The molecule has 1 heterocycles. The highest BCUT2D eigenvalue weighted by molar-refractivity contribution is 5.85. The number of alkyl halides is 3. The van der Waals surface area contributed by atoms with Gasteiger partial charge in [-0.2, -0.15) is 13.2 Å². The van der Waals surface area contributed by atoms with Gasteiger partial charge in [-0.3, -0.25) is 4.79 Å². The van der Waals surface area contributed by atoms with Crippen LogP contribution in [0.25, 0.3) is 10.9 Å². The Morgan fingerprint density at radius 2 is 1.80 bits per heavy atom. The molecule has 1 aromatic heterocycles. The SMILES string of the molecule is CCN(CC)c1ccc2c(C(F)(F)F)cc(=O)[nH]c2c1. The third kappa shape index (κ3) is 2.64. The van der Waals surface area contributed by atoms with Gasteiger partial charge in [0.2, 0.25) is 5.56 Å². The average molecular weight is 284 g/mol. The second kappa shape index (κ2) is 5.19. The largest absolute Gasteiger partial charge is 0.417 e. The van der Waals surface area contributed by atoms with Crippen molar-refractivity contribution in [3.8, 4) is 0 Å². The molecule has 2 aromatic rings. The molecule has 0 aliphatic rings. The van der Waals surface area contributed by atoms with Crippen LogP contribution in [0.3, 0.4) is 0 Å². The zero-order chi connectivity index (χ0) is 14.9. The Morgan fingerprint density at radius 3 is 2.35 bits per heavy atom. The molecule has 0 fully saturated rings. The minimum absolute atomic E-state index is 0.00741. The number of anilines is 1. The van der Waals surface area contributed by atoms with Crippen LogP contribution in [-0.4, -0.2) is 18.1 Å². The van der Waals surface area contributed by atoms with Crippen molar-refractivity contribution >= 4 is 16.6 Å². The highest BCUT2D eigenvalue weighted by atomic mass is 19.4. The summed E-state index contributed by atoms with van der Waals surface area (Å²) in [6, 6.07) is 5.23. The van der Waals surface area contributed by atoms with E-state index in [0.29, 0.717) is 6.07 Å². The molecule has 6 heteroatoms. The first kappa shape index (κ1) is 14.4. The van der Waals surface area contributed by atoms with E-state index in [0.717, 1.165) is 18.8 Å². The standard InChI is InChI=1S/C14H15F3N2O/c1-3-19(4-2)9-5-6-10-11(14(15,16)17)8-13(20)18-12(10)7-9/h5-8H,3-4H2,1-2H3,(H,18,20). The molecule has 0 atom stereocenters. The van der Waals surface area contributed by atoms with Gasteiger partial charge < -0.3 is 9.88 Å². The van der Waals surface area contributed by atoms with E-state index in [1.807, 2.05) is 18.7 Å². The zero-order valence-corrected chi connectivity index (χ0v) is 11.2. The number of rotatable bonds is 3. The molecule has 1 aromatic carbocycles. The molecule has 2 rings (SSSR count). The van der Waals surface area contributed by atoms with Crippen LogP contribution in [0, 0.1) is 0 Å². The number of nitrogens with zero attached hydrogens (tertiary/aromatic N) is 1. The van der Waals surface area contributed by atoms with Gasteiger partial charge in [0.15, 0.2) is 0 Å². The molecule has 108 valence electrons. The minimum Gasteiger partial charge on any atom is -0.372 e. The lowest BCUT2D eigenvalue weighted by Gasteiger charge is -2.21. The number of pyridine rings is 1. The molecule has 0 radical (unpaired) electrons. The van der Waals surface area contributed by atoms with Gasteiger partial charge in [0.1, 0.15) is 0 Å². The summed E-state index contributed by atoms with van der Waals surface area (Å²) in [5.74, 6) is 0. The fourth-order valence-corrected chi connectivity index (χ4v) is 2.27. The van der Waals surface area contributed by atoms with Gasteiger partial charge >= 0.3 is 6.18 Å². The molecule has 1 N–H and O–H groups in total. The summed E-state index contributed by atoms with van der Waals surface area (Å²) in [5, 5.41) is 0.00741. The highest BCUT2D eigenvalue weighted by Crippen LogP contribution is 2.34. The summed E-state index contributed by atoms with van der Waals surface area (Å²) >= 11 is 0. The fourth-order valence-electron chi connectivity index (χ4n) is 2.27. The average Bonchev–Trinajstić information content (AvgIpc) is 2.37. The number of nitrogens with one attached hydrogen (secondary N) is 1. The fraction of sp³-hybridized carbons (Fsp3) is 0.357. The molecule has 0 saturated heterocycles. The van der Waals surface area contributed by atoms with Crippen molar-refractivity contribution in [3.05, 3.63) is 40.2 Å². The van der Waals surface area contributed by atoms with E-state index in [2.05, 4.69) is 4.98 Å². The van der Waals surface area contributed by atoms with Crippen molar-refractivity contribution in [3.63, 3.8) is 0 Å². The molecule has 0 unspecified atom stereocenters. The van der Waals surface area contributed by atoms with Crippen LogP contribution in [0.5, 0.6) is 0 Å². The van der Waals surface area contributed by atoms with Gasteiger partial charge in [0.25, 0.3) is 0 Å². The third-order valence-corrected chi connectivity index (χ3v) is 3.26. The molecule has 0 saturated carbocycles. The Hall–Kier alpha value is -1.98. The predicted octanol–water partition coefficient (Wildman–Crippen LogP) is 3.39. The van der Waals surface area contributed by atoms with E-state index in [1.165, 1.54) is 6.07 Å². The Labute approximate surface area is 114 Å². The molecule has 0 aliphatic carbocycles. The van der Waals surface area contributed by atoms with Gasteiger partial charge in [-0.15, -0.1) is 0 Å². The van der Waals surface area contributed by atoms with Crippen LogP contribution < -0.4 is 10.5 Å². The van der Waals surface area contributed by atoms with E-state index in [9.17, 15) is 18.0 Å². The first-order valence-corrected chi connectivity index (χ1v) is 6.36. The molecule has 20 heavy (non-hydrogen) atoms. The van der Waals surface area contributed by atoms with E-state index in [4.69, 9.17) is 0 Å². The summed E-state index contributed by atoms with van der Waals surface area (Å²) in [4.78, 5) is 15.9. The minimum atomic E-state index is -4.54. The lowest BCUT2D eigenvalue weighted by molar-refractivity contribution is -0.136. The predicted molar refractivity (Wildman–Crippen MR) is 73.1 cm³/mol. The van der Waals surface area contributed by atoms with Crippen LogP contribution in [0.1, 0.15) is 19.4 Å². The Balaban J connectivity index is 2.68. The van der Waals surface area contributed by atoms with Crippen molar-refractivity contribution in [1.29, 1.82) is 0 Å². The van der Waals surface area contributed by atoms with Gasteiger partial charge in [-0.1, -0.05) is 6.07 Å². The van der Waals surface area contributed by atoms with Crippen molar-refractivity contribution in [2.75, 3.05) is 18.0 Å². The lowest BCUT2D eigenvalue weighted by atomic mass is 10.1. The van der Waals surface area contributed by atoms with Crippen LogP contribution >= 0.6 is 0 Å². The monoisotopic (exact) mass is 284 g/mol. The number of fused-ring (bicyclic) bond motifs is 1. The summed E-state index contributed by atoms with van der Waals surface area (Å²) in [7, 11) is 0. The van der Waals surface area contributed by atoms with Gasteiger partial charge in [-0.05, 0) is 26.0 Å². The van der Waals surface area contributed by atoms with Crippen LogP contribution in [-0.2, 0) is 6.18 Å². The molecule has 0 amide bonds. The Morgan fingerprint density at radius 1 is 1.15 bits per heavy atom. The lowest BCUT2D eigenvalue weighted by Crippen LogP contribution is -2.22. The third-order valence-electron chi connectivity index (χ3n) is 3.26. The number of aromatic nitrogens is 1. The van der Waals surface area contributed by atoms with Crippen molar-refractivity contribution in [1.82, 2.24) is 4.98 Å². The molecule has 3 nitrogen and oxygen atoms in total. The maximum absolute atomic E-state index is 12.9. The summed E-state index contributed by atoms with van der Waals surface area (Å²) in [5.41, 5.74) is -0.657. The summed E-state index contributed by atoms with van der Waals surface area (Å²) in [6.07, 6.45) is -4.54. The summed E-state index contributed by atoms with van der Waals surface area (Å²) in [6.45, 7) is 5.40. The van der Waals surface area contributed by atoms with Gasteiger partial charge in [0, 0.05) is 30.2 Å². The highest BCUT2D eigenvalue weighted by Gasteiger charge is 2.33. The van der Waals surface area contributed by atoms with Gasteiger partial charge in [0.05, 0.1) is 11.1 Å². The number of H-pyrrole nitrogens is 1. The summed E-state index contributed by atoms with van der Waals surface area (Å²) < 4.78 is 38.8. The second-order valence-electron chi connectivity index (χ2n) is 4.45. The molecule has 0 bridgehead atoms. The molecular weight excluding hydrogens is 269 g/mol. The number of benzene rings is 1. The number of hydrogen-bond acceptors (Lipinski definition) is 2. The molecule has 0 spiro atoms. The second-order valence-corrected chi connectivity index (χ2v) is 4.45. The van der Waals surface area contributed by atoms with Crippen LogP contribution in [0.4, 0.5) is 18.9 Å². The van der Waals surface area contributed by atoms with Crippen molar-refractivity contribution in [2.45, 2.75) is 20.0 Å². The van der Waals surface area contributed by atoms with Crippen LogP contribution in [0.15, 0.2) is 29.1 Å². The maximum atomic E-state index is 12.9. The topological polar surface area (TPSA) is 36.1 Å². The first-order chi connectivity index (χ1) is 9.36. The zero-order valence-electron chi connectivity index (χ0n) is 11.2. The Bertz CT molecular complexity index is 672. The number of aromatic amines is 1. The normalized spacial score (nSPS) is 11.8. The number of hydrogen-bond donors (Lipinski definition) is 1. The quantitative estimate of drug-likeness (QED) is 0.937. The van der Waals surface area contributed by atoms with E-state index < -0.39 is 17.3 Å². The smallest absolute Gasteiger partial charge is 0.372 e. The van der Waals surface area contributed by atoms with E-state index in [1.54, 1.807) is 12.1 Å². The van der Waals surface area contributed by atoms with E-state index in [-0.39, 0.29) is 10.9 Å². The Kier molecular flexibility index (Phi) is 3.74. The first-order valence-electron chi connectivity index (χ1n) is 6.36.